The zero-order valence-corrected chi connectivity index (χ0v) is 14.0. The zero-order valence-electron chi connectivity index (χ0n) is 13.2. The fourth-order valence-electron chi connectivity index (χ4n) is 3.01. The number of carbonyl (C=O) groups excluding carboxylic acids is 1. The molecular formula is C17H24ClNO2. The Hall–Kier alpha value is -1.22. The molecule has 0 aromatic heterocycles. The molecule has 1 aromatic rings. The minimum absolute atomic E-state index is 0.0484. The molecule has 0 N–H and O–H groups in total. The molecule has 4 heteroatoms. The van der Waals surface area contributed by atoms with Crippen LogP contribution < -0.4 is 4.74 Å². The van der Waals surface area contributed by atoms with Crippen molar-refractivity contribution >= 4 is 17.5 Å². The van der Waals surface area contributed by atoms with Gasteiger partial charge in [-0.05, 0) is 64.7 Å². The van der Waals surface area contributed by atoms with Crippen molar-refractivity contribution in [1.82, 2.24) is 4.90 Å². The molecule has 1 fully saturated rings. The normalized spacial score (nSPS) is 23.8. The fraction of sp³-hybridized carbons (Fsp3) is 0.588. The number of rotatable bonds is 3. The van der Waals surface area contributed by atoms with Crippen molar-refractivity contribution in [2.24, 2.45) is 0 Å². The highest BCUT2D eigenvalue weighted by Gasteiger charge is 2.32. The van der Waals surface area contributed by atoms with Crippen LogP contribution in [0.15, 0.2) is 18.2 Å². The van der Waals surface area contributed by atoms with Crippen LogP contribution in [-0.4, -0.2) is 29.0 Å². The maximum absolute atomic E-state index is 12.7. The van der Waals surface area contributed by atoms with Gasteiger partial charge in [0.15, 0.2) is 6.10 Å². The van der Waals surface area contributed by atoms with E-state index in [1.54, 1.807) is 13.0 Å². The van der Waals surface area contributed by atoms with Gasteiger partial charge in [0.2, 0.25) is 0 Å². The van der Waals surface area contributed by atoms with Gasteiger partial charge < -0.3 is 9.64 Å². The van der Waals surface area contributed by atoms with Gasteiger partial charge >= 0.3 is 0 Å². The molecule has 1 saturated heterocycles. The number of carbonyl (C=O) groups is 1. The SMILES string of the molecule is Cc1ccc(Cl)c(OC(C)C(=O)N2C(C)CCCC2C)c1. The second-order valence-corrected chi connectivity index (χ2v) is 6.48. The molecule has 1 amide bonds. The van der Waals surface area contributed by atoms with Crippen LogP contribution in [0.5, 0.6) is 5.75 Å². The van der Waals surface area contributed by atoms with Gasteiger partial charge in [-0.15, -0.1) is 0 Å². The Bertz CT molecular complexity index is 508. The first-order valence-corrected chi connectivity index (χ1v) is 8.03. The van der Waals surface area contributed by atoms with E-state index in [9.17, 15) is 4.79 Å². The van der Waals surface area contributed by atoms with Gasteiger partial charge in [0.25, 0.3) is 5.91 Å². The lowest BCUT2D eigenvalue weighted by molar-refractivity contribution is -0.144. The molecule has 1 aliphatic rings. The Morgan fingerprint density at radius 3 is 2.57 bits per heavy atom. The number of ether oxygens (including phenoxy) is 1. The average Bonchev–Trinajstić information content (AvgIpc) is 2.42. The molecule has 2 rings (SSSR count). The topological polar surface area (TPSA) is 29.5 Å². The first-order valence-electron chi connectivity index (χ1n) is 7.65. The lowest BCUT2D eigenvalue weighted by Gasteiger charge is -2.40. The van der Waals surface area contributed by atoms with Gasteiger partial charge in [-0.2, -0.15) is 0 Å². The quantitative estimate of drug-likeness (QED) is 0.837. The van der Waals surface area contributed by atoms with Crippen molar-refractivity contribution in [2.75, 3.05) is 0 Å². The van der Waals surface area contributed by atoms with Crippen molar-refractivity contribution in [3.05, 3.63) is 28.8 Å². The first-order chi connectivity index (χ1) is 9.90. The third-order valence-electron chi connectivity index (χ3n) is 4.19. The number of amides is 1. The van der Waals surface area contributed by atoms with Gasteiger partial charge in [-0.25, -0.2) is 0 Å². The Morgan fingerprint density at radius 1 is 1.33 bits per heavy atom. The number of aryl methyl sites for hydroxylation is 1. The molecule has 116 valence electrons. The molecule has 3 unspecified atom stereocenters. The van der Waals surface area contributed by atoms with Crippen molar-refractivity contribution in [3.63, 3.8) is 0 Å². The van der Waals surface area contributed by atoms with Gasteiger partial charge in [0, 0.05) is 12.1 Å². The fourth-order valence-corrected chi connectivity index (χ4v) is 3.17. The summed E-state index contributed by atoms with van der Waals surface area (Å²) in [7, 11) is 0. The van der Waals surface area contributed by atoms with Crippen molar-refractivity contribution < 1.29 is 9.53 Å². The second-order valence-electron chi connectivity index (χ2n) is 6.07. The zero-order chi connectivity index (χ0) is 15.6. The van der Waals surface area contributed by atoms with Crippen LogP contribution in [0.25, 0.3) is 0 Å². The number of halogens is 1. The number of piperidine rings is 1. The molecule has 3 atom stereocenters. The largest absolute Gasteiger partial charge is 0.479 e. The summed E-state index contributed by atoms with van der Waals surface area (Å²) in [5.41, 5.74) is 1.06. The van der Waals surface area contributed by atoms with E-state index in [4.69, 9.17) is 16.3 Å². The van der Waals surface area contributed by atoms with E-state index in [-0.39, 0.29) is 18.0 Å². The molecule has 0 saturated carbocycles. The predicted octanol–water partition coefficient (Wildman–Crippen LogP) is 4.21. The van der Waals surface area contributed by atoms with Gasteiger partial charge in [0.1, 0.15) is 5.75 Å². The van der Waals surface area contributed by atoms with Gasteiger partial charge in [0.05, 0.1) is 5.02 Å². The van der Waals surface area contributed by atoms with Crippen molar-refractivity contribution in [3.8, 4) is 5.75 Å². The first kappa shape index (κ1) is 16.2. The van der Waals surface area contributed by atoms with Crippen LogP contribution in [0.4, 0.5) is 0 Å². The number of nitrogens with zero attached hydrogens (tertiary/aromatic N) is 1. The standard InChI is InChI=1S/C17H24ClNO2/c1-11-8-9-15(18)16(10-11)21-14(4)17(20)19-12(2)6-5-7-13(19)3/h8-10,12-14H,5-7H2,1-4H3. The summed E-state index contributed by atoms with van der Waals surface area (Å²) in [6, 6.07) is 6.15. The summed E-state index contributed by atoms with van der Waals surface area (Å²) in [5.74, 6) is 0.627. The highest BCUT2D eigenvalue weighted by Crippen LogP contribution is 2.28. The summed E-state index contributed by atoms with van der Waals surface area (Å²) in [5, 5.41) is 0.542. The Morgan fingerprint density at radius 2 is 1.95 bits per heavy atom. The van der Waals surface area contributed by atoms with E-state index in [1.807, 2.05) is 24.0 Å². The number of likely N-dealkylation sites (tertiary alicyclic amines) is 1. The molecule has 3 nitrogen and oxygen atoms in total. The Kier molecular flexibility index (Phi) is 5.15. The Labute approximate surface area is 132 Å². The smallest absolute Gasteiger partial charge is 0.263 e. The molecule has 1 aromatic carbocycles. The summed E-state index contributed by atoms with van der Waals surface area (Å²) < 4.78 is 5.81. The van der Waals surface area contributed by atoms with E-state index < -0.39 is 6.10 Å². The maximum Gasteiger partial charge on any atom is 0.263 e. The number of hydrogen-bond acceptors (Lipinski definition) is 2. The molecule has 0 aliphatic carbocycles. The van der Waals surface area contributed by atoms with E-state index in [2.05, 4.69) is 13.8 Å². The molecule has 0 spiro atoms. The molecule has 1 aliphatic heterocycles. The van der Waals surface area contributed by atoms with E-state index >= 15 is 0 Å². The number of benzene rings is 1. The second kappa shape index (κ2) is 6.69. The van der Waals surface area contributed by atoms with Crippen LogP contribution in [0.1, 0.15) is 45.6 Å². The van der Waals surface area contributed by atoms with Gasteiger partial charge in [-0.1, -0.05) is 17.7 Å². The minimum Gasteiger partial charge on any atom is -0.479 e. The lowest BCUT2D eigenvalue weighted by Crippen LogP contribution is -2.51. The third kappa shape index (κ3) is 3.70. The molecule has 1 heterocycles. The van der Waals surface area contributed by atoms with E-state index in [0.29, 0.717) is 10.8 Å². The molecular weight excluding hydrogens is 286 g/mol. The van der Waals surface area contributed by atoms with E-state index in [1.165, 1.54) is 6.42 Å². The summed E-state index contributed by atoms with van der Waals surface area (Å²) in [6.07, 6.45) is 2.79. The maximum atomic E-state index is 12.7. The summed E-state index contributed by atoms with van der Waals surface area (Å²) in [6.45, 7) is 8.00. The number of hydrogen-bond donors (Lipinski definition) is 0. The van der Waals surface area contributed by atoms with Crippen LogP contribution in [0.3, 0.4) is 0 Å². The average molecular weight is 310 g/mol. The van der Waals surface area contributed by atoms with Crippen LogP contribution >= 0.6 is 11.6 Å². The van der Waals surface area contributed by atoms with Crippen molar-refractivity contribution in [1.29, 1.82) is 0 Å². The predicted molar refractivity (Wildman–Crippen MR) is 85.9 cm³/mol. The third-order valence-corrected chi connectivity index (χ3v) is 4.50. The van der Waals surface area contributed by atoms with Crippen LogP contribution in [0, 0.1) is 6.92 Å². The lowest BCUT2D eigenvalue weighted by atomic mass is 9.97. The Balaban J connectivity index is 2.10. The summed E-state index contributed by atoms with van der Waals surface area (Å²) in [4.78, 5) is 14.6. The molecule has 0 bridgehead atoms. The van der Waals surface area contributed by atoms with Gasteiger partial charge in [-0.3, -0.25) is 4.79 Å². The minimum atomic E-state index is -0.521. The monoisotopic (exact) mass is 309 g/mol. The van der Waals surface area contributed by atoms with Crippen molar-refractivity contribution in [2.45, 2.75) is 65.1 Å². The highest BCUT2D eigenvalue weighted by atomic mass is 35.5. The van der Waals surface area contributed by atoms with E-state index in [0.717, 1.165) is 18.4 Å². The molecule has 21 heavy (non-hydrogen) atoms. The molecule has 0 radical (unpaired) electrons. The van der Waals surface area contributed by atoms with Crippen LogP contribution in [-0.2, 0) is 4.79 Å². The van der Waals surface area contributed by atoms with Crippen LogP contribution in [0.2, 0.25) is 5.02 Å². The highest BCUT2D eigenvalue weighted by molar-refractivity contribution is 6.32. The summed E-state index contributed by atoms with van der Waals surface area (Å²) >= 11 is 6.14.